The first-order chi connectivity index (χ1) is 13.9. The maximum absolute atomic E-state index is 12.8. The van der Waals surface area contributed by atoms with Crippen molar-refractivity contribution in [3.8, 4) is 0 Å². The fraction of sp³-hybridized carbons (Fsp3) is 0.286. The summed E-state index contributed by atoms with van der Waals surface area (Å²) >= 11 is 0. The molecule has 2 aromatic rings. The van der Waals surface area contributed by atoms with Gasteiger partial charge in [-0.25, -0.2) is 4.79 Å². The van der Waals surface area contributed by atoms with Crippen LogP contribution in [0.3, 0.4) is 0 Å². The number of hydrogen-bond donors (Lipinski definition) is 5. The molecule has 0 spiro atoms. The molecule has 0 fully saturated rings. The highest BCUT2D eigenvalue weighted by molar-refractivity contribution is 5.91. The highest BCUT2D eigenvalue weighted by atomic mass is 16.4. The van der Waals surface area contributed by atoms with Crippen molar-refractivity contribution in [1.29, 1.82) is 0 Å². The summed E-state index contributed by atoms with van der Waals surface area (Å²) in [4.78, 5) is 36.5. The first-order valence-corrected chi connectivity index (χ1v) is 9.20. The molecule has 2 rings (SSSR count). The van der Waals surface area contributed by atoms with Crippen LogP contribution in [-0.4, -0.2) is 52.7 Å². The number of nitrogens with one attached hydrogen (secondary N) is 2. The monoisotopic (exact) mass is 399 g/mol. The molecule has 3 unspecified atom stereocenters. The minimum atomic E-state index is -1.46. The predicted octanol–water partition coefficient (Wildman–Crippen LogP) is -0.154. The second kappa shape index (κ2) is 10.9. The largest absolute Gasteiger partial charge is 0.480 e. The molecule has 2 amide bonds. The summed E-state index contributed by atoms with van der Waals surface area (Å²) in [5, 5.41) is 24.1. The number of aliphatic hydroxyl groups excluding tert-OH is 1. The van der Waals surface area contributed by atoms with Crippen LogP contribution in [0.25, 0.3) is 0 Å². The smallest absolute Gasteiger partial charge is 0.326 e. The number of carboxylic acids is 1. The fourth-order valence-corrected chi connectivity index (χ4v) is 2.76. The highest BCUT2D eigenvalue weighted by Crippen LogP contribution is 2.07. The number of aliphatic carboxylic acids is 1. The van der Waals surface area contributed by atoms with Crippen LogP contribution in [0.5, 0.6) is 0 Å². The van der Waals surface area contributed by atoms with Gasteiger partial charge in [0.15, 0.2) is 0 Å². The van der Waals surface area contributed by atoms with E-state index < -0.39 is 36.0 Å². The number of carbonyl (C=O) groups excluding carboxylic acids is 2. The van der Waals surface area contributed by atoms with E-state index in [-0.39, 0.29) is 19.4 Å². The van der Waals surface area contributed by atoms with E-state index >= 15 is 0 Å². The molecule has 0 saturated heterocycles. The number of nitrogens with two attached hydrogens (primary N) is 1. The molecule has 0 saturated carbocycles. The molecule has 0 heterocycles. The SMILES string of the molecule is NCC(O)C(=O)NC(Cc1ccccc1)C(=O)NC(Cc1ccccc1)C(=O)O. The number of carbonyl (C=O) groups is 3. The first-order valence-electron chi connectivity index (χ1n) is 9.20. The number of aliphatic hydroxyl groups is 1. The van der Waals surface area contributed by atoms with Gasteiger partial charge in [0.05, 0.1) is 0 Å². The van der Waals surface area contributed by atoms with Gasteiger partial charge in [-0.05, 0) is 11.1 Å². The van der Waals surface area contributed by atoms with Crippen LogP contribution in [0.2, 0.25) is 0 Å². The molecule has 6 N–H and O–H groups in total. The molecule has 0 aliphatic carbocycles. The Balaban J connectivity index is 2.15. The molecule has 0 radical (unpaired) electrons. The molecule has 8 nitrogen and oxygen atoms in total. The summed E-state index contributed by atoms with van der Waals surface area (Å²) in [6.45, 7) is -0.294. The van der Waals surface area contributed by atoms with Crippen molar-refractivity contribution < 1.29 is 24.6 Å². The second-order valence-corrected chi connectivity index (χ2v) is 6.59. The van der Waals surface area contributed by atoms with Crippen molar-refractivity contribution in [2.24, 2.45) is 5.73 Å². The van der Waals surface area contributed by atoms with E-state index in [0.29, 0.717) is 0 Å². The molecular formula is C21H25N3O5. The fourth-order valence-electron chi connectivity index (χ4n) is 2.76. The van der Waals surface area contributed by atoms with Crippen molar-refractivity contribution in [2.75, 3.05) is 6.54 Å². The van der Waals surface area contributed by atoms with Crippen LogP contribution in [0.15, 0.2) is 60.7 Å². The van der Waals surface area contributed by atoms with E-state index in [1.165, 1.54) is 0 Å². The zero-order chi connectivity index (χ0) is 21.2. The van der Waals surface area contributed by atoms with E-state index in [1.807, 2.05) is 12.1 Å². The van der Waals surface area contributed by atoms with Gasteiger partial charge in [-0.3, -0.25) is 9.59 Å². The lowest BCUT2D eigenvalue weighted by atomic mass is 10.0. The molecule has 8 heteroatoms. The second-order valence-electron chi connectivity index (χ2n) is 6.59. The highest BCUT2D eigenvalue weighted by Gasteiger charge is 2.28. The standard InChI is InChI=1S/C21H25N3O5/c22-13-18(25)20(27)23-16(11-14-7-3-1-4-8-14)19(26)24-17(21(28)29)12-15-9-5-2-6-10-15/h1-10,16-18,25H,11-13,22H2,(H,23,27)(H,24,26)(H,28,29). The van der Waals surface area contributed by atoms with Crippen LogP contribution in [-0.2, 0) is 27.2 Å². The third-order valence-electron chi connectivity index (χ3n) is 4.34. The summed E-state index contributed by atoms with van der Waals surface area (Å²) in [6.07, 6.45) is -1.23. The van der Waals surface area contributed by atoms with Crippen LogP contribution in [0, 0.1) is 0 Å². The Hall–Kier alpha value is -3.23. The molecule has 0 aliphatic heterocycles. The normalized spacial score (nSPS) is 13.7. The number of rotatable bonds is 10. The Morgan fingerprint density at radius 2 is 1.24 bits per heavy atom. The lowest BCUT2D eigenvalue weighted by Gasteiger charge is -2.22. The first kappa shape index (κ1) is 22.1. The van der Waals surface area contributed by atoms with Crippen LogP contribution in [0.4, 0.5) is 0 Å². The molecule has 0 bridgehead atoms. The summed E-state index contributed by atoms with van der Waals surface area (Å²) in [7, 11) is 0. The van der Waals surface area contributed by atoms with Gasteiger partial charge in [0.2, 0.25) is 5.91 Å². The lowest BCUT2D eigenvalue weighted by Crippen LogP contribution is -2.55. The Morgan fingerprint density at radius 3 is 1.69 bits per heavy atom. The molecule has 0 aromatic heterocycles. The van der Waals surface area contributed by atoms with E-state index in [4.69, 9.17) is 5.73 Å². The van der Waals surface area contributed by atoms with Gasteiger partial charge >= 0.3 is 5.97 Å². The third-order valence-corrected chi connectivity index (χ3v) is 4.34. The lowest BCUT2D eigenvalue weighted by molar-refractivity contribution is -0.142. The van der Waals surface area contributed by atoms with Crippen molar-refractivity contribution in [3.05, 3.63) is 71.8 Å². The molecule has 29 heavy (non-hydrogen) atoms. The molecule has 3 atom stereocenters. The zero-order valence-electron chi connectivity index (χ0n) is 15.8. The van der Waals surface area contributed by atoms with Gasteiger partial charge in [0, 0.05) is 19.4 Å². The van der Waals surface area contributed by atoms with Gasteiger partial charge < -0.3 is 26.6 Å². The van der Waals surface area contributed by atoms with E-state index in [9.17, 15) is 24.6 Å². The molecule has 0 aliphatic rings. The third kappa shape index (κ3) is 7.02. The number of amides is 2. The molecule has 154 valence electrons. The predicted molar refractivity (Wildman–Crippen MR) is 107 cm³/mol. The van der Waals surface area contributed by atoms with Gasteiger partial charge in [-0.2, -0.15) is 0 Å². The van der Waals surface area contributed by atoms with Gasteiger partial charge in [0.25, 0.3) is 5.91 Å². The van der Waals surface area contributed by atoms with Gasteiger partial charge in [0.1, 0.15) is 18.2 Å². The van der Waals surface area contributed by atoms with E-state index in [1.54, 1.807) is 48.5 Å². The average molecular weight is 399 g/mol. The summed E-state index contributed by atoms with van der Waals surface area (Å²) < 4.78 is 0. The van der Waals surface area contributed by atoms with E-state index in [2.05, 4.69) is 10.6 Å². The maximum atomic E-state index is 12.8. The Kier molecular flexibility index (Phi) is 8.32. The number of hydrogen-bond acceptors (Lipinski definition) is 5. The Bertz CT molecular complexity index is 814. The van der Waals surface area contributed by atoms with Crippen LogP contribution >= 0.6 is 0 Å². The summed E-state index contributed by atoms with van der Waals surface area (Å²) in [5.74, 6) is -2.64. The Labute approximate surface area is 168 Å². The van der Waals surface area contributed by atoms with Crippen LogP contribution in [0.1, 0.15) is 11.1 Å². The summed E-state index contributed by atoms with van der Waals surface area (Å²) in [6, 6.07) is 15.6. The van der Waals surface area contributed by atoms with E-state index in [0.717, 1.165) is 11.1 Å². The minimum Gasteiger partial charge on any atom is -0.480 e. The summed E-state index contributed by atoms with van der Waals surface area (Å²) in [5.41, 5.74) is 6.82. The van der Waals surface area contributed by atoms with Crippen molar-refractivity contribution in [3.63, 3.8) is 0 Å². The number of carboxylic acid groups (broad SMARTS) is 1. The van der Waals surface area contributed by atoms with Crippen molar-refractivity contribution >= 4 is 17.8 Å². The quantitative estimate of drug-likeness (QED) is 0.376. The topological polar surface area (TPSA) is 142 Å². The van der Waals surface area contributed by atoms with Crippen molar-refractivity contribution in [2.45, 2.75) is 31.0 Å². The minimum absolute atomic E-state index is 0.0966. The zero-order valence-corrected chi connectivity index (χ0v) is 15.8. The maximum Gasteiger partial charge on any atom is 0.326 e. The van der Waals surface area contributed by atoms with Crippen molar-refractivity contribution in [1.82, 2.24) is 10.6 Å². The number of benzene rings is 2. The van der Waals surface area contributed by atoms with Crippen LogP contribution < -0.4 is 16.4 Å². The van der Waals surface area contributed by atoms with Gasteiger partial charge in [-0.15, -0.1) is 0 Å². The Morgan fingerprint density at radius 1 is 0.793 bits per heavy atom. The molecular weight excluding hydrogens is 374 g/mol. The average Bonchev–Trinajstić information content (AvgIpc) is 2.73. The molecule has 2 aromatic carbocycles. The van der Waals surface area contributed by atoms with Gasteiger partial charge in [-0.1, -0.05) is 60.7 Å².